The third-order valence-electron chi connectivity index (χ3n) is 5.44. The monoisotopic (exact) mass is 538 g/mol. The van der Waals surface area contributed by atoms with Crippen molar-refractivity contribution in [3.8, 4) is 5.69 Å². The Balaban J connectivity index is 1.56. The Labute approximate surface area is 203 Å². The number of fused-ring (bicyclic) bond motifs is 1. The molecule has 172 valence electrons. The number of benzene rings is 2. The van der Waals surface area contributed by atoms with Gasteiger partial charge >= 0.3 is 0 Å². The van der Waals surface area contributed by atoms with Gasteiger partial charge in [-0.1, -0.05) is 17.7 Å². The van der Waals surface area contributed by atoms with Crippen molar-refractivity contribution in [1.29, 1.82) is 0 Å². The van der Waals surface area contributed by atoms with E-state index in [0.29, 0.717) is 10.2 Å². The summed E-state index contributed by atoms with van der Waals surface area (Å²) in [6.45, 7) is 3.72. The number of rotatable bonds is 5. The molecule has 0 saturated heterocycles. The number of anilines is 1. The highest BCUT2D eigenvalue weighted by Gasteiger charge is 2.27. The molecule has 3 aromatic heterocycles. The van der Waals surface area contributed by atoms with Gasteiger partial charge in [-0.2, -0.15) is 5.10 Å². The molecule has 3 heterocycles. The minimum absolute atomic E-state index is 0.0571. The van der Waals surface area contributed by atoms with E-state index in [1.165, 1.54) is 35.3 Å². The molecular formula is C23H19BrN6O3S. The Morgan fingerprint density at radius 2 is 1.82 bits per heavy atom. The normalized spacial score (nSPS) is 11.9. The van der Waals surface area contributed by atoms with Gasteiger partial charge in [-0.3, -0.25) is 4.79 Å². The SMILES string of the molecule is Cc1ccc(S(=O)(=O)n2cc(Br)cc2C(=O)c2cnn(-c3ccc4nc(C)[nH]c4c3)c2N)cc1. The molecule has 34 heavy (non-hydrogen) atoms. The molecule has 5 aromatic rings. The minimum Gasteiger partial charge on any atom is -0.383 e. The van der Waals surface area contributed by atoms with Gasteiger partial charge in [0.15, 0.2) is 0 Å². The number of halogens is 1. The molecule has 3 N–H and O–H groups in total. The van der Waals surface area contributed by atoms with Gasteiger partial charge in [0.05, 0.1) is 33.4 Å². The van der Waals surface area contributed by atoms with Crippen molar-refractivity contribution in [2.45, 2.75) is 18.7 Å². The van der Waals surface area contributed by atoms with Crippen LogP contribution in [0.15, 0.2) is 70.3 Å². The maximum atomic E-state index is 13.4. The summed E-state index contributed by atoms with van der Waals surface area (Å²) in [5.41, 5.74) is 9.50. The molecule has 5 rings (SSSR count). The lowest BCUT2D eigenvalue weighted by atomic mass is 10.1. The highest BCUT2D eigenvalue weighted by atomic mass is 79.9. The average molecular weight is 539 g/mol. The van der Waals surface area contributed by atoms with Crippen molar-refractivity contribution < 1.29 is 13.2 Å². The number of aromatic nitrogens is 5. The maximum Gasteiger partial charge on any atom is 0.268 e. The molecule has 0 aliphatic rings. The Morgan fingerprint density at radius 3 is 2.56 bits per heavy atom. The Kier molecular flexibility index (Phi) is 5.18. The number of nitrogen functional groups attached to an aromatic ring is 1. The Hall–Kier alpha value is -3.70. The lowest BCUT2D eigenvalue weighted by Crippen LogP contribution is -2.19. The summed E-state index contributed by atoms with van der Waals surface area (Å²) in [4.78, 5) is 21.0. The van der Waals surface area contributed by atoms with E-state index < -0.39 is 15.8 Å². The highest BCUT2D eigenvalue weighted by molar-refractivity contribution is 9.10. The fourth-order valence-corrected chi connectivity index (χ4v) is 5.65. The van der Waals surface area contributed by atoms with Crippen molar-refractivity contribution in [2.24, 2.45) is 0 Å². The molecule has 0 atom stereocenters. The van der Waals surface area contributed by atoms with E-state index in [1.807, 2.05) is 26.0 Å². The lowest BCUT2D eigenvalue weighted by Gasteiger charge is -2.10. The summed E-state index contributed by atoms with van der Waals surface area (Å²) in [5, 5.41) is 4.28. The standard InChI is InChI=1S/C23H19BrN6O3S/c1-13-3-6-17(7-4-13)34(32,33)29-12-15(24)9-21(29)22(31)18-11-26-30(23(18)25)16-5-8-19-20(10-16)28-14(2)27-19/h3-12H,25H2,1-2H3,(H,27,28). The second-order valence-electron chi connectivity index (χ2n) is 7.87. The topological polar surface area (TPSA) is 129 Å². The van der Waals surface area contributed by atoms with Crippen LogP contribution in [0.5, 0.6) is 0 Å². The van der Waals surface area contributed by atoms with E-state index in [-0.39, 0.29) is 22.0 Å². The van der Waals surface area contributed by atoms with Crippen molar-refractivity contribution in [3.05, 3.63) is 88.0 Å². The van der Waals surface area contributed by atoms with Gasteiger partial charge in [-0.25, -0.2) is 22.1 Å². The van der Waals surface area contributed by atoms with Crippen LogP contribution < -0.4 is 5.73 Å². The average Bonchev–Trinajstić information content (AvgIpc) is 3.48. The van der Waals surface area contributed by atoms with E-state index >= 15 is 0 Å². The van der Waals surface area contributed by atoms with Crippen LogP contribution >= 0.6 is 15.9 Å². The van der Waals surface area contributed by atoms with Crippen LogP contribution in [0, 0.1) is 13.8 Å². The quantitative estimate of drug-likeness (QED) is 0.325. The number of hydrogen-bond donors (Lipinski definition) is 2. The van der Waals surface area contributed by atoms with Crippen molar-refractivity contribution >= 4 is 48.6 Å². The van der Waals surface area contributed by atoms with Crippen LogP contribution in [-0.4, -0.2) is 37.9 Å². The lowest BCUT2D eigenvalue weighted by molar-refractivity contribution is 0.103. The van der Waals surface area contributed by atoms with E-state index in [2.05, 4.69) is 31.0 Å². The number of nitrogens with two attached hydrogens (primary N) is 1. The molecule has 0 bridgehead atoms. The zero-order valence-corrected chi connectivity index (χ0v) is 20.6. The first kappa shape index (κ1) is 22.1. The van der Waals surface area contributed by atoms with Gasteiger partial charge in [0.2, 0.25) is 5.78 Å². The minimum atomic E-state index is -4.01. The second-order valence-corrected chi connectivity index (χ2v) is 10.6. The largest absolute Gasteiger partial charge is 0.383 e. The van der Waals surface area contributed by atoms with E-state index in [4.69, 9.17) is 5.73 Å². The van der Waals surface area contributed by atoms with Crippen LogP contribution in [0.1, 0.15) is 27.4 Å². The molecule has 2 aromatic carbocycles. The number of ketones is 1. The van der Waals surface area contributed by atoms with Crippen molar-refractivity contribution in [2.75, 3.05) is 5.73 Å². The molecule has 0 amide bonds. The Morgan fingerprint density at radius 1 is 1.09 bits per heavy atom. The number of aryl methyl sites for hydroxylation is 2. The first-order chi connectivity index (χ1) is 16.1. The van der Waals surface area contributed by atoms with Gasteiger partial charge in [0, 0.05) is 10.7 Å². The summed E-state index contributed by atoms with van der Waals surface area (Å²) < 4.78 is 29.4. The number of carbonyl (C=O) groups excluding carboxylic acids is 1. The molecule has 0 fully saturated rings. The number of hydrogen-bond acceptors (Lipinski definition) is 6. The maximum absolute atomic E-state index is 13.4. The number of nitrogens with one attached hydrogen (secondary N) is 1. The van der Waals surface area contributed by atoms with Crippen LogP contribution in [-0.2, 0) is 10.0 Å². The van der Waals surface area contributed by atoms with Crippen LogP contribution in [0.25, 0.3) is 16.7 Å². The molecule has 0 unspecified atom stereocenters. The molecule has 0 radical (unpaired) electrons. The molecule has 0 spiro atoms. The molecular weight excluding hydrogens is 520 g/mol. The van der Waals surface area contributed by atoms with Gasteiger partial charge in [-0.05, 0) is 66.2 Å². The third kappa shape index (κ3) is 3.62. The predicted molar refractivity (Wildman–Crippen MR) is 132 cm³/mol. The summed E-state index contributed by atoms with van der Waals surface area (Å²) in [7, 11) is -4.01. The van der Waals surface area contributed by atoms with Crippen molar-refractivity contribution in [1.82, 2.24) is 23.7 Å². The summed E-state index contributed by atoms with van der Waals surface area (Å²) >= 11 is 3.29. The number of H-pyrrole nitrogens is 1. The third-order valence-corrected chi connectivity index (χ3v) is 7.56. The summed E-state index contributed by atoms with van der Waals surface area (Å²) in [6.07, 6.45) is 2.68. The first-order valence-electron chi connectivity index (χ1n) is 10.2. The zero-order chi connectivity index (χ0) is 24.2. The van der Waals surface area contributed by atoms with Gasteiger partial charge in [0.25, 0.3) is 10.0 Å². The molecule has 0 saturated carbocycles. The van der Waals surface area contributed by atoms with Crippen LogP contribution in [0.2, 0.25) is 0 Å². The molecule has 0 aliphatic heterocycles. The van der Waals surface area contributed by atoms with Gasteiger partial charge in [0.1, 0.15) is 17.3 Å². The predicted octanol–water partition coefficient (Wildman–Crippen LogP) is 3.98. The smallest absolute Gasteiger partial charge is 0.268 e. The molecule has 9 nitrogen and oxygen atoms in total. The highest BCUT2D eigenvalue weighted by Crippen LogP contribution is 2.27. The Bertz CT molecular complexity index is 1680. The van der Waals surface area contributed by atoms with E-state index in [1.54, 1.807) is 18.2 Å². The fraction of sp³-hybridized carbons (Fsp3) is 0.0870. The second kappa shape index (κ2) is 7.96. The zero-order valence-electron chi connectivity index (χ0n) is 18.2. The van der Waals surface area contributed by atoms with Crippen LogP contribution in [0.3, 0.4) is 0 Å². The van der Waals surface area contributed by atoms with Gasteiger partial charge < -0.3 is 10.7 Å². The summed E-state index contributed by atoms with van der Waals surface area (Å²) in [6, 6.07) is 13.3. The number of imidazole rings is 1. The number of nitrogens with zero attached hydrogens (tertiary/aromatic N) is 4. The van der Waals surface area contributed by atoms with Gasteiger partial charge in [-0.15, -0.1) is 0 Å². The first-order valence-corrected chi connectivity index (χ1v) is 12.4. The molecule has 11 heteroatoms. The van der Waals surface area contributed by atoms with E-state index in [0.717, 1.165) is 26.4 Å². The molecule has 0 aliphatic carbocycles. The number of aromatic amines is 1. The van der Waals surface area contributed by atoms with Crippen molar-refractivity contribution in [3.63, 3.8) is 0 Å². The van der Waals surface area contributed by atoms with Crippen LogP contribution in [0.4, 0.5) is 5.82 Å². The fourth-order valence-electron chi connectivity index (χ4n) is 3.73. The van der Waals surface area contributed by atoms with E-state index in [9.17, 15) is 13.2 Å². The summed E-state index contributed by atoms with van der Waals surface area (Å²) in [5.74, 6) is 0.304. The number of carbonyl (C=O) groups is 1.